The van der Waals surface area contributed by atoms with E-state index in [1.807, 2.05) is 31.2 Å². The molecule has 104 valence electrons. The fourth-order valence-electron chi connectivity index (χ4n) is 2.48. The number of carbonyl (C=O) groups excluding carboxylic acids is 1. The number of hydrogen-bond donors (Lipinski definition) is 1. The number of hydrogen-bond acceptors (Lipinski definition) is 2. The number of para-hydroxylation sites is 1. The highest BCUT2D eigenvalue weighted by atomic mass is 19.3. The molecule has 0 fully saturated rings. The van der Waals surface area contributed by atoms with E-state index < -0.39 is 13.0 Å². The molecule has 0 bridgehead atoms. The third-order valence-corrected chi connectivity index (χ3v) is 3.55. The molecule has 2 atom stereocenters. The van der Waals surface area contributed by atoms with Crippen LogP contribution in [0.2, 0.25) is 0 Å². The van der Waals surface area contributed by atoms with Gasteiger partial charge in [0.25, 0.3) is 6.43 Å². The van der Waals surface area contributed by atoms with Gasteiger partial charge in [-0.3, -0.25) is 4.79 Å². The van der Waals surface area contributed by atoms with Crippen LogP contribution in [0.5, 0.6) is 0 Å². The van der Waals surface area contributed by atoms with Crippen molar-refractivity contribution in [2.45, 2.75) is 25.8 Å². The van der Waals surface area contributed by atoms with Gasteiger partial charge in [-0.2, -0.15) is 0 Å². The summed E-state index contributed by atoms with van der Waals surface area (Å²) in [7, 11) is 1.43. The van der Waals surface area contributed by atoms with Crippen molar-refractivity contribution in [1.29, 1.82) is 0 Å². The third kappa shape index (κ3) is 3.03. The summed E-state index contributed by atoms with van der Waals surface area (Å²) in [5.41, 5.74) is 2.08. The molecule has 1 N–H and O–H groups in total. The average molecular weight is 268 g/mol. The molecular formula is C14H18F2N2O. The molecule has 1 aliphatic heterocycles. The molecule has 0 saturated carbocycles. The normalized spacial score (nSPS) is 21.7. The molecule has 2 rings (SSSR count). The van der Waals surface area contributed by atoms with Gasteiger partial charge in [-0.15, -0.1) is 0 Å². The first-order valence-electron chi connectivity index (χ1n) is 6.36. The Balaban J connectivity index is 2.11. The molecule has 0 radical (unpaired) electrons. The zero-order chi connectivity index (χ0) is 14.0. The van der Waals surface area contributed by atoms with Crippen molar-refractivity contribution in [3.63, 3.8) is 0 Å². The van der Waals surface area contributed by atoms with Crippen molar-refractivity contribution in [2.75, 3.05) is 18.9 Å². The molecular weight excluding hydrogens is 250 g/mol. The average Bonchev–Trinajstić information content (AvgIpc) is 2.36. The van der Waals surface area contributed by atoms with Crippen LogP contribution in [-0.4, -0.2) is 36.9 Å². The standard InChI is InChI=1S/C14H18F2N2O/c1-9-11(14(19)18(2)8-13(15)16)7-10-5-3-4-6-12(10)17-9/h3-6,9,11,13,17H,7-8H2,1-2H3. The highest BCUT2D eigenvalue weighted by molar-refractivity contribution is 5.81. The lowest BCUT2D eigenvalue weighted by Crippen LogP contribution is -2.45. The van der Waals surface area contributed by atoms with Crippen LogP contribution >= 0.6 is 0 Å². The van der Waals surface area contributed by atoms with Gasteiger partial charge in [-0.25, -0.2) is 8.78 Å². The van der Waals surface area contributed by atoms with E-state index in [2.05, 4.69) is 5.32 Å². The molecule has 1 aromatic rings. The summed E-state index contributed by atoms with van der Waals surface area (Å²) in [6.07, 6.45) is -1.90. The number of halogens is 2. The Hall–Kier alpha value is -1.65. The van der Waals surface area contributed by atoms with E-state index in [-0.39, 0.29) is 17.9 Å². The fourth-order valence-corrected chi connectivity index (χ4v) is 2.48. The van der Waals surface area contributed by atoms with E-state index in [0.717, 1.165) is 16.2 Å². The predicted octanol–water partition coefficient (Wildman–Crippen LogP) is 2.38. The van der Waals surface area contributed by atoms with E-state index in [4.69, 9.17) is 0 Å². The first-order chi connectivity index (χ1) is 8.99. The minimum atomic E-state index is -2.49. The molecule has 1 heterocycles. The molecule has 2 unspecified atom stereocenters. The third-order valence-electron chi connectivity index (χ3n) is 3.55. The second kappa shape index (κ2) is 5.55. The molecule has 5 heteroatoms. The van der Waals surface area contributed by atoms with Gasteiger partial charge in [0.2, 0.25) is 5.91 Å². The maximum atomic E-state index is 12.3. The zero-order valence-corrected chi connectivity index (χ0v) is 11.1. The number of rotatable bonds is 3. The first-order valence-corrected chi connectivity index (χ1v) is 6.36. The van der Waals surface area contributed by atoms with Crippen molar-refractivity contribution < 1.29 is 13.6 Å². The van der Waals surface area contributed by atoms with Gasteiger partial charge in [-0.05, 0) is 25.0 Å². The van der Waals surface area contributed by atoms with Gasteiger partial charge in [0.05, 0.1) is 12.5 Å². The Morgan fingerprint density at radius 2 is 2.16 bits per heavy atom. The first kappa shape index (κ1) is 13.8. The summed E-state index contributed by atoms with van der Waals surface area (Å²) < 4.78 is 24.7. The van der Waals surface area contributed by atoms with Crippen LogP contribution in [0.15, 0.2) is 24.3 Å². The van der Waals surface area contributed by atoms with Gasteiger partial charge >= 0.3 is 0 Å². The van der Waals surface area contributed by atoms with Crippen LogP contribution in [0.3, 0.4) is 0 Å². The van der Waals surface area contributed by atoms with Gasteiger partial charge in [0.15, 0.2) is 0 Å². The summed E-state index contributed by atoms with van der Waals surface area (Å²) in [5.74, 6) is -0.520. The maximum Gasteiger partial charge on any atom is 0.255 e. The Bertz CT molecular complexity index is 465. The van der Waals surface area contributed by atoms with Crippen molar-refractivity contribution in [3.05, 3.63) is 29.8 Å². The summed E-state index contributed by atoms with van der Waals surface area (Å²) >= 11 is 0. The highest BCUT2D eigenvalue weighted by Gasteiger charge is 2.32. The van der Waals surface area contributed by atoms with Gasteiger partial charge < -0.3 is 10.2 Å². The van der Waals surface area contributed by atoms with E-state index >= 15 is 0 Å². The number of fused-ring (bicyclic) bond motifs is 1. The van der Waals surface area contributed by atoms with Crippen LogP contribution < -0.4 is 5.32 Å². The molecule has 0 spiro atoms. The fraction of sp³-hybridized carbons (Fsp3) is 0.500. The number of nitrogens with zero attached hydrogens (tertiary/aromatic N) is 1. The minimum Gasteiger partial charge on any atom is -0.382 e. The number of nitrogens with one attached hydrogen (secondary N) is 1. The Kier molecular flexibility index (Phi) is 4.02. The summed E-state index contributed by atoms with van der Waals surface area (Å²) in [5, 5.41) is 3.26. The van der Waals surface area contributed by atoms with Crippen LogP contribution in [0.1, 0.15) is 12.5 Å². The molecule has 0 aromatic heterocycles. The van der Waals surface area contributed by atoms with E-state index in [9.17, 15) is 13.6 Å². The highest BCUT2D eigenvalue weighted by Crippen LogP contribution is 2.29. The molecule has 19 heavy (non-hydrogen) atoms. The van der Waals surface area contributed by atoms with Crippen molar-refractivity contribution >= 4 is 11.6 Å². The molecule has 1 aromatic carbocycles. The lowest BCUT2D eigenvalue weighted by molar-refractivity contribution is -0.136. The molecule has 1 aliphatic rings. The topological polar surface area (TPSA) is 32.3 Å². The SMILES string of the molecule is CC1Nc2ccccc2CC1C(=O)N(C)CC(F)F. The van der Waals surface area contributed by atoms with Crippen LogP contribution in [0, 0.1) is 5.92 Å². The number of anilines is 1. The largest absolute Gasteiger partial charge is 0.382 e. The maximum absolute atomic E-state index is 12.3. The van der Waals surface area contributed by atoms with E-state index in [1.54, 1.807) is 0 Å². The molecule has 0 saturated heterocycles. The van der Waals surface area contributed by atoms with Crippen molar-refractivity contribution in [2.24, 2.45) is 5.92 Å². The van der Waals surface area contributed by atoms with Crippen molar-refractivity contribution in [3.8, 4) is 0 Å². The Labute approximate surface area is 111 Å². The van der Waals surface area contributed by atoms with E-state index in [1.165, 1.54) is 7.05 Å². The lowest BCUT2D eigenvalue weighted by Gasteiger charge is -2.34. The number of amides is 1. The predicted molar refractivity (Wildman–Crippen MR) is 70.4 cm³/mol. The molecule has 0 aliphatic carbocycles. The van der Waals surface area contributed by atoms with Gasteiger partial charge in [-0.1, -0.05) is 18.2 Å². The van der Waals surface area contributed by atoms with Crippen LogP contribution in [0.25, 0.3) is 0 Å². The van der Waals surface area contributed by atoms with Gasteiger partial charge in [0, 0.05) is 18.8 Å². The number of carbonyl (C=O) groups is 1. The summed E-state index contributed by atoms with van der Waals surface area (Å²) in [4.78, 5) is 13.3. The monoisotopic (exact) mass is 268 g/mol. The van der Waals surface area contributed by atoms with E-state index in [0.29, 0.717) is 6.42 Å². The minimum absolute atomic E-state index is 0.0532. The number of alkyl halides is 2. The van der Waals surface area contributed by atoms with Crippen molar-refractivity contribution in [1.82, 2.24) is 4.90 Å². The Morgan fingerprint density at radius 1 is 1.47 bits per heavy atom. The second-order valence-corrected chi connectivity index (χ2v) is 5.01. The summed E-state index contributed by atoms with van der Waals surface area (Å²) in [6, 6.07) is 7.73. The smallest absolute Gasteiger partial charge is 0.255 e. The lowest BCUT2D eigenvalue weighted by atomic mass is 9.87. The Morgan fingerprint density at radius 3 is 2.84 bits per heavy atom. The second-order valence-electron chi connectivity index (χ2n) is 5.01. The molecule has 3 nitrogen and oxygen atoms in total. The summed E-state index contributed by atoms with van der Waals surface area (Å²) in [6.45, 7) is 1.40. The molecule has 1 amide bonds. The zero-order valence-electron chi connectivity index (χ0n) is 11.1. The van der Waals surface area contributed by atoms with Crippen LogP contribution in [0.4, 0.5) is 14.5 Å². The quantitative estimate of drug-likeness (QED) is 0.913. The number of benzene rings is 1. The van der Waals surface area contributed by atoms with Gasteiger partial charge in [0.1, 0.15) is 0 Å². The van der Waals surface area contributed by atoms with Crippen LogP contribution in [-0.2, 0) is 11.2 Å².